The van der Waals surface area contributed by atoms with E-state index in [0.29, 0.717) is 36.0 Å². The summed E-state index contributed by atoms with van der Waals surface area (Å²) in [5.74, 6) is 3.17. The normalized spacial score (nSPS) is 28.0. The molecular weight excluding hydrogens is 440 g/mol. The standard InChI is InChI=1S/C27H34N6O2/c1-17-12-31(13-18(2)32(17)21-14-35-15-21)25-9-26(30-24(29-25)16-34-3)33-23-8-19(4-5-20(23)11-28-33)22-10-27(22)6-7-27/h4-5,8-9,11,17-18,21-22H,6-7,10,12-16H2,1-3H3. The second-order valence-corrected chi connectivity index (χ2v) is 11.2. The van der Waals surface area contributed by atoms with Crippen LogP contribution >= 0.6 is 0 Å². The van der Waals surface area contributed by atoms with Crippen LogP contribution in [0.15, 0.2) is 30.5 Å². The molecule has 2 saturated carbocycles. The molecule has 0 bridgehead atoms. The second kappa shape index (κ2) is 7.98. The molecule has 2 aliphatic carbocycles. The molecule has 184 valence electrons. The number of aromatic nitrogens is 4. The first-order valence-electron chi connectivity index (χ1n) is 13.0. The Labute approximate surface area is 206 Å². The molecule has 8 heteroatoms. The van der Waals surface area contributed by atoms with Crippen LogP contribution in [0.2, 0.25) is 0 Å². The van der Waals surface area contributed by atoms with Crippen LogP contribution in [0.5, 0.6) is 0 Å². The van der Waals surface area contributed by atoms with E-state index in [1.807, 2.05) is 10.9 Å². The number of benzene rings is 1. The van der Waals surface area contributed by atoms with E-state index in [1.54, 1.807) is 7.11 Å². The molecular formula is C27H34N6O2. The van der Waals surface area contributed by atoms with Crippen LogP contribution in [0, 0.1) is 5.41 Å². The third kappa shape index (κ3) is 3.65. The molecule has 1 spiro atoms. The Kier molecular flexibility index (Phi) is 4.95. The van der Waals surface area contributed by atoms with E-state index in [9.17, 15) is 0 Å². The predicted octanol–water partition coefficient (Wildman–Crippen LogP) is 3.53. The number of piperazine rings is 1. The molecule has 4 heterocycles. The van der Waals surface area contributed by atoms with E-state index in [0.717, 1.165) is 54.8 Å². The minimum atomic E-state index is 0.375. The van der Waals surface area contributed by atoms with Gasteiger partial charge in [-0.15, -0.1) is 0 Å². The SMILES string of the molecule is COCc1nc(N2CC(C)N(C3COC3)C(C)C2)cc(-n2ncc3ccc(C4CC45CC5)cc32)n1. The molecule has 3 atom stereocenters. The zero-order valence-electron chi connectivity index (χ0n) is 20.9. The minimum Gasteiger partial charge on any atom is -0.378 e. The summed E-state index contributed by atoms with van der Waals surface area (Å²) < 4.78 is 12.9. The number of nitrogens with zero attached hydrogens (tertiary/aromatic N) is 6. The minimum absolute atomic E-state index is 0.375. The first-order chi connectivity index (χ1) is 17.0. The van der Waals surface area contributed by atoms with Gasteiger partial charge in [0.25, 0.3) is 0 Å². The molecule has 1 aromatic carbocycles. The van der Waals surface area contributed by atoms with E-state index < -0.39 is 0 Å². The molecule has 2 saturated heterocycles. The lowest BCUT2D eigenvalue weighted by atomic mass is 10.0. The van der Waals surface area contributed by atoms with Gasteiger partial charge in [0.2, 0.25) is 0 Å². The van der Waals surface area contributed by atoms with Crippen molar-refractivity contribution in [1.29, 1.82) is 0 Å². The lowest BCUT2D eigenvalue weighted by Gasteiger charge is -2.50. The van der Waals surface area contributed by atoms with Crippen molar-refractivity contribution in [2.75, 3.05) is 38.3 Å². The third-order valence-electron chi connectivity index (χ3n) is 8.67. The van der Waals surface area contributed by atoms with Crippen molar-refractivity contribution >= 4 is 16.7 Å². The van der Waals surface area contributed by atoms with Crippen molar-refractivity contribution in [2.45, 2.75) is 63.8 Å². The predicted molar refractivity (Wildman–Crippen MR) is 134 cm³/mol. The molecule has 2 aliphatic heterocycles. The van der Waals surface area contributed by atoms with E-state index >= 15 is 0 Å². The lowest BCUT2D eigenvalue weighted by Crippen LogP contribution is -2.64. The first-order valence-corrected chi connectivity index (χ1v) is 13.0. The van der Waals surface area contributed by atoms with Crippen molar-refractivity contribution < 1.29 is 9.47 Å². The van der Waals surface area contributed by atoms with Crippen molar-refractivity contribution in [3.63, 3.8) is 0 Å². The summed E-state index contributed by atoms with van der Waals surface area (Å²) in [5.41, 5.74) is 3.20. The van der Waals surface area contributed by atoms with Crippen LogP contribution in [-0.2, 0) is 16.1 Å². The average molecular weight is 475 g/mol. The summed E-state index contributed by atoms with van der Waals surface area (Å²) in [6, 6.07) is 10.3. The van der Waals surface area contributed by atoms with Gasteiger partial charge in [-0.1, -0.05) is 12.1 Å². The van der Waals surface area contributed by atoms with Crippen LogP contribution in [0.1, 0.15) is 50.4 Å². The Morgan fingerprint density at radius 1 is 1.06 bits per heavy atom. The van der Waals surface area contributed by atoms with Crippen molar-refractivity contribution in [1.82, 2.24) is 24.6 Å². The number of ether oxygens (including phenoxy) is 2. The molecule has 0 radical (unpaired) electrons. The monoisotopic (exact) mass is 474 g/mol. The Morgan fingerprint density at radius 2 is 1.83 bits per heavy atom. The lowest BCUT2D eigenvalue weighted by molar-refractivity contribution is -0.0941. The van der Waals surface area contributed by atoms with E-state index in [4.69, 9.17) is 24.5 Å². The van der Waals surface area contributed by atoms with Gasteiger partial charge >= 0.3 is 0 Å². The van der Waals surface area contributed by atoms with E-state index in [1.165, 1.54) is 24.8 Å². The summed E-state index contributed by atoms with van der Waals surface area (Å²) in [5, 5.41) is 5.90. The van der Waals surface area contributed by atoms with Gasteiger partial charge < -0.3 is 14.4 Å². The maximum atomic E-state index is 5.47. The fraction of sp³-hybridized carbons (Fsp3) is 0.593. The molecule has 3 aromatic rings. The van der Waals surface area contributed by atoms with Gasteiger partial charge in [-0.2, -0.15) is 5.10 Å². The summed E-state index contributed by atoms with van der Waals surface area (Å²) >= 11 is 0. The smallest absolute Gasteiger partial charge is 0.159 e. The number of rotatable bonds is 6. The van der Waals surface area contributed by atoms with E-state index in [-0.39, 0.29) is 0 Å². The number of hydrogen-bond acceptors (Lipinski definition) is 7. The highest BCUT2D eigenvalue weighted by molar-refractivity contribution is 5.81. The Hall–Kier alpha value is -2.55. The molecule has 8 nitrogen and oxygen atoms in total. The molecule has 3 unspecified atom stereocenters. The molecule has 0 amide bonds. The topological polar surface area (TPSA) is 68.5 Å². The van der Waals surface area contributed by atoms with Crippen molar-refractivity contribution in [3.8, 4) is 5.82 Å². The highest BCUT2D eigenvalue weighted by Gasteiger charge is 2.62. The van der Waals surface area contributed by atoms with Gasteiger partial charge in [-0.25, -0.2) is 14.6 Å². The zero-order chi connectivity index (χ0) is 23.7. The highest BCUT2D eigenvalue weighted by Crippen LogP contribution is 2.75. The fourth-order valence-corrected chi connectivity index (χ4v) is 6.54. The highest BCUT2D eigenvalue weighted by atomic mass is 16.5. The Balaban J connectivity index is 1.23. The maximum Gasteiger partial charge on any atom is 0.159 e. The first kappa shape index (κ1) is 21.7. The van der Waals surface area contributed by atoms with Gasteiger partial charge in [0.05, 0.1) is 31.0 Å². The maximum absolute atomic E-state index is 5.47. The summed E-state index contributed by atoms with van der Waals surface area (Å²) in [7, 11) is 1.69. The number of fused-ring (bicyclic) bond motifs is 1. The summed E-state index contributed by atoms with van der Waals surface area (Å²) in [6.45, 7) is 8.55. The molecule has 2 aromatic heterocycles. The molecule has 4 aliphatic rings. The zero-order valence-corrected chi connectivity index (χ0v) is 20.9. The molecule has 4 fully saturated rings. The summed E-state index contributed by atoms with van der Waals surface area (Å²) in [4.78, 5) is 14.8. The molecule has 7 rings (SSSR count). The second-order valence-electron chi connectivity index (χ2n) is 11.2. The van der Waals surface area contributed by atoms with Crippen molar-refractivity contribution in [2.24, 2.45) is 5.41 Å². The number of hydrogen-bond donors (Lipinski definition) is 0. The van der Waals surface area contributed by atoms with Gasteiger partial charge in [-0.3, -0.25) is 4.90 Å². The van der Waals surface area contributed by atoms with Gasteiger partial charge in [0.15, 0.2) is 11.6 Å². The third-order valence-corrected chi connectivity index (χ3v) is 8.67. The van der Waals surface area contributed by atoms with Crippen LogP contribution < -0.4 is 4.90 Å². The Morgan fingerprint density at radius 3 is 2.49 bits per heavy atom. The van der Waals surface area contributed by atoms with Crippen LogP contribution in [0.3, 0.4) is 0 Å². The molecule has 35 heavy (non-hydrogen) atoms. The van der Waals surface area contributed by atoms with Crippen LogP contribution in [0.4, 0.5) is 5.82 Å². The Bertz CT molecular complexity index is 1250. The van der Waals surface area contributed by atoms with Crippen LogP contribution in [0.25, 0.3) is 16.7 Å². The fourth-order valence-electron chi connectivity index (χ4n) is 6.54. The number of methoxy groups -OCH3 is 1. The van der Waals surface area contributed by atoms with Gasteiger partial charge in [0, 0.05) is 43.7 Å². The summed E-state index contributed by atoms with van der Waals surface area (Å²) in [6.07, 6.45) is 6.07. The number of anilines is 1. The van der Waals surface area contributed by atoms with E-state index in [2.05, 4.69) is 47.9 Å². The average Bonchev–Trinajstić information content (AvgIpc) is 3.71. The molecule has 0 N–H and O–H groups in total. The van der Waals surface area contributed by atoms with Crippen LogP contribution in [-0.4, -0.2) is 76.2 Å². The van der Waals surface area contributed by atoms with Crippen molar-refractivity contribution in [3.05, 3.63) is 41.9 Å². The largest absolute Gasteiger partial charge is 0.378 e. The van der Waals surface area contributed by atoms with Gasteiger partial charge in [0.1, 0.15) is 12.4 Å². The van der Waals surface area contributed by atoms with Gasteiger partial charge in [-0.05, 0) is 56.1 Å². The quantitative estimate of drug-likeness (QED) is 0.541.